The van der Waals surface area contributed by atoms with Crippen molar-refractivity contribution in [3.63, 3.8) is 0 Å². The molecular weight excluding hydrogens is 212 g/mol. The molecule has 88 valence electrons. The average Bonchev–Trinajstić information content (AvgIpc) is 2.86. The van der Waals surface area contributed by atoms with Gasteiger partial charge >= 0.3 is 0 Å². The molecule has 2 atom stereocenters. The predicted molar refractivity (Wildman–Crippen MR) is 67.7 cm³/mol. The van der Waals surface area contributed by atoms with Gasteiger partial charge in [0.05, 0.1) is 17.3 Å². The minimum Gasteiger partial charge on any atom is -0.396 e. The van der Waals surface area contributed by atoms with E-state index in [0.29, 0.717) is 5.92 Å². The fourth-order valence-corrected chi connectivity index (χ4v) is 2.56. The van der Waals surface area contributed by atoms with Crippen LogP contribution >= 0.6 is 0 Å². The second kappa shape index (κ2) is 4.43. The monoisotopic (exact) mass is 228 g/mol. The van der Waals surface area contributed by atoms with Crippen molar-refractivity contribution in [3.05, 3.63) is 42.1 Å². The Hall–Kier alpha value is -1.45. The second-order valence-corrected chi connectivity index (χ2v) is 4.59. The van der Waals surface area contributed by atoms with Crippen LogP contribution in [0.2, 0.25) is 0 Å². The molecule has 3 heteroatoms. The number of nitrogens with zero attached hydrogens (tertiary/aromatic N) is 1. The van der Waals surface area contributed by atoms with Gasteiger partial charge in [0.15, 0.2) is 0 Å². The van der Waals surface area contributed by atoms with Gasteiger partial charge in [-0.25, -0.2) is 0 Å². The molecule has 2 aromatic rings. The fraction of sp³-hybridized carbons (Fsp3) is 0.357. The van der Waals surface area contributed by atoms with E-state index in [9.17, 15) is 5.11 Å². The molecule has 17 heavy (non-hydrogen) atoms. The number of hydrogen-bond acceptors (Lipinski definition) is 3. The van der Waals surface area contributed by atoms with Crippen molar-refractivity contribution in [3.8, 4) is 0 Å². The predicted octanol–water partition coefficient (Wildman–Crippen LogP) is 1.88. The second-order valence-electron chi connectivity index (χ2n) is 4.59. The average molecular weight is 228 g/mol. The van der Waals surface area contributed by atoms with Gasteiger partial charge in [0, 0.05) is 17.9 Å². The molecule has 0 saturated carbocycles. The smallest absolute Gasteiger partial charge is 0.0706 e. The Labute approximate surface area is 100 Å². The molecule has 1 aromatic carbocycles. The number of nitrogens with one attached hydrogen (secondary N) is 1. The molecule has 2 heterocycles. The molecular formula is C14H16N2O. The highest BCUT2D eigenvalue weighted by atomic mass is 16.3. The van der Waals surface area contributed by atoms with Crippen molar-refractivity contribution in [2.75, 3.05) is 13.2 Å². The van der Waals surface area contributed by atoms with Gasteiger partial charge < -0.3 is 10.4 Å². The van der Waals surface area contributed by atoms with E-state index >= 15 is 0 Å². The zero-order valence-corrected chi connectivity index (χ0v) is 9.63. The summed E-state index contributed by atoms with van der Waals surface area (Å²) in [6, 6.07) is 12.5. The van der Waals surface area contributed by atoms with Crippen LogP contribution in [0.1, 0.15) is 18.2 Å². The molecule has 1 aliphatic heterocycles. The molecule has 0 bridgehead atoms. The summed E-state index contributed by atoms with van der Waals surface area (Å²) < 4.78 is 0. The highest BCUT2D eigenvalue weighted by Gasteiger charge is 2.28. The summed E-state index contributed by atoms with van der Waals surface area (Å²) in [4.78, 5) is 4.68. The number of rotatable bonds is 2. The highest BCUT2D eigenvalue weighted by Crippen LogP contribution is 2.28. The van der Waals surface area contributed by atoms with Crippen molar-refractivity contribution < 1.29 is 5.11 Å². The number of aliphatic hydroxyl groups excluding tert-OH is 1. The van der Waals surface area contributed by atoms with Crippen LogP contribution in [0.25, 0.3) is 10.9 Å². The zero-order valence-electron chi connectivity index (χ0n) is 9.63. The quantitative estimate of drug-likeness (QED) is 0.825. The third kappa shape index (κ3) is 1.92. The first-order chi connectivity index (χ1) is 8.38. The maximum Gasteiger partial charge on any atom is 0.0706 e. The summed E-state index contributed by atoms with van der Waals surface area (Å²) >= 11 is 0. The minimum atomic E-state index is 0.199. The number of hydrogen-bond donors (Lipinski definition) is 2. The highest BCUT2D eigenvalue weighted by molar-refractivity contribution is 5.78. The summed E-state index contributed by atoms with van der Waals surface area (Å²) in [7, 11) is 0. The lowest BCUT2D eigenvalue weighted by atomic mass is 9.98. The van der Waals surface area contributed by atoms with Crippen LogP contribution in [0.4, 0.5) is 0 Å². The van der Waals surface area contributed by atoms with E-state index in [1.807, 2.05) is 18.2 Å². The van der Waals surface area contributed by atoms with Crippen molar-refractivity contribution in [2.45, 2.75) is 12.5 Å². The van der Waals surface area contributed by atoms with Crippen LogP contribution in [0, 0.1) is 5.92 Å². The summed E-state index contributed by atoms with van der Waals surface area (Å²) in [6.07, 6.45) is 1.02. The third-order valence-electron chi connectivity index (χ3n) is 3.52. The lowest BCUT2D eigenvalue weighted by Crippen LogP contribution is -2.21. The first kappa shape index (κ1) is 10.7. The molecule has 2 unspecified atom stereocenters. The Morgan fingerprint density at radius 2 is 2.12 bits per heavy atom. The molecule has 0 spiro atoms. The molecule has 2 N–H and O–H groups in total. The normalized spacial score (nSPS) is 24.3. The maximum absolute atomic E-state index is 9.34. The largest absolute Gasteiger partial charge is 0.396 e. The van der Waals surface area contributed by atoms with E-state index in [1.54, 1.807) is 0 Å². The summed E-state index contributed by atoms with van der Waals surface area (Å²) in [6.45, 7) is 1.19. The molecule has 3 rings (SSSR count). The Bertz CT molecular complexity index is 526. The summed E-state index contributed by atoms with van der Waals surface area (Å²) in [5, 5.41) is 13.9. The first-order valence-corrected chi connectivity index (χ1v) is 6.08. The standard InChI is InChI=1S/C14H16N2O/c17-9-11-7-8-15-14(11)13-6-5-10-3-1-2-4-12(10)16-13/h1-6,11,14-15,17H,7-9H2. The Kier molecular flexibility index (Phi) is 2.79. The van der Waals surface area contributed by atoms with E-state index < -0.39 is 0 Å². The molecule has 3 nitrogen and oxygen atoms in total. The van der Waals surface area contributed by atoms with Crippen LogP contribution in [0.15, 0.2) is 36.4 Å². The van der Waals surface area contributed by atoms with Crippen molar-refractivity contribution in [1.82, 2.24) is 10.3 Å². The molecule has 0 amide bonds. The molecule has 0 aliphatic carbocycles. The fourth-order valence-electron chi connectivity index (χ4n) is 2.56. The van der Waals surface area contributed by atoms with E-state index in [0.717, 1.165) is 29.6 Å². The van der Waals surface area contributed by atoms with Gasteiger partial charge in [0.1, 0.15) is 0 Å². The van der Waals surface area contributed by atoms with Crippen molar-refractivity contribution >= 4 is 10.9 Å². The number of pyridine rings is 1. The molecule has 1 fully saturated rings. The zero-order chi connectivity index (χ0) is 11.7. The van der Waals surface area contributed by atoms with Crippen LogP contribution in [0.5, 0.6) is 0 Å². The number of para-hydroxylation sites is 1. The van der Waals surface area contributed by atoms with Crippen LogP contribution in [-0.4, -0.2) is 23.2 Å². The SMILES string of the molecule is OCC1CCNC1c1ccc2ccccc2n1. The number of fused-ring (bicyclic) bond motifs is 1. The number of benzene rings is 1. The van der Waals surface area contributed by atoms with E-state index in [4.69, 9.17) is 0 Å². The Morgan fingerprint density at radius 1 is 1.24 bits per heavy atom. The number of aliphatic hydroxyl groups is 1. The van der Waals surface area contributed by atoms with Gasteiger partial charge in [0.2, 0.25) is 0 Å². The van der Waals surface area contributed by atoms with Crippen LogP contribution in [0.3, 0.4) is 0 Å². The maximum atomic E-state index is 9.34. The van der Waals surface area contributed by atoms with Gasteiger partial charge in [0.25, 0.3) is 0 Å². The van der Waals surface area contributed by atoms with Crippen molar-refractivity contribution in [2.24, 2.45) is 5.92 Å². The molecule has 1 aliphatic rings. The molecule has 1 aromatic heterocycles. The summed E-state index contributed by atoms with van der Waals surface area (Å²) in [5.41, 5.74) is 2.07. The van der Waals surface area contributed by atoms with Gasteiger partial charge in [-0.1, -0.05) is 24.3 Å². The lowest BCUT2D eigenvalue weighted by molar-refractivity contribution is 0.213. The first-order valence-electron chi connectivity index (χ1n) is 6.08. The van der Waals surface area contributed by atoms with Gasteiger partial charge in [-0.15, -0.1) is 0 Å². The van der Waals surface area contributed by atoms with Crippen LogP contribution in [-0.2, 0) is 0 Å². The third-order valence-corrected chi connectivity index (χ3v) is 3.52. The van der Waals surface area contributed by atoms with Crippen LogP contribution < -0.4 is 5.32 Å². The van der Waals surface area contributed by atoms with Gasteiger partial charge in [-0.05, 0) is 25.1 Å². The van der Waals surface area contributed by atoms with Crippen molar-refractivity contribution in [1.29, 1.82) is 0 Å². The van der Waals surface area contributed by atoms with E-state index in [1.165, 1.54) is 0 Å². The Balaban J connectivity index is 2.00. The van der Waals surface area contributed by atoms with E-state index in [-0.39, 0.29) is 12.6 Å². The van der Waals surface area contributed by atoms with Gasteiger partial charge in [-0.3, -0.25) is 4.98 Å². The Morgan fingerprint density at radius 3 is 3.00 bits per heavy atom. The topological polar surface area (TPSA) is 45.1 Å². The molecule has 1 saturated heterocycles. The number of aromatic nitrogens is 1. The molecule has 0 radical (unpaired) electrons. The lowest BCUT2D eigenvalue weighted by Gasteiger charge is -2.17. The van der Waals surface area contributed by atoms with E-state index in [2.05, 4.69) is 28.5 Å². The van der Waals surface area contributed by atoms with Gasteiger partial charge in [-0.2, -0.15) is 0 Å². The minimum absolute atomic E-state index is 0.199. The summed E-state index contributed by atoms with van der Waals surface area (Å²) in [5.74, 6) is 0.295.